The van der Waals surface area contributed by atoms with E-state index in [1.807, 2.05) is 25.1 Å². The van der Waals surface area contributed by atoms with Gasteiger partial charge in [-0.3, -0.25) is 0 Å². The Labute approximate surface area is 128 Å². The number of benzene rings is 1. The molecule has 1 saturated carbocycles. The van der Waals surface area contributed by atoms with Crippen LogP contribution in [0.15, 0.2) is 22.7 Å². The van der Waals surface area contributed by atoms with Crippen LogP contribution in [0, 0.1) is 6.92 Å². The molecule has 1 unspecified atom stereocenters. The van der Waals surface area contributed by atoms with Crippen molar-refractivity contribution in [1.82, 2.24) is 10.1 Å². The predicted molar refractivity (Wildman–Crippen MR) is 80.0 cm³/mol. The van der Waals surface area contributed by atoms with Crippen LogP contribution in [-0.2, 0) is 4.74 Å². The number of nitrogens with two attached hydrogens (primary N) is 1. The highest BCUT2D eigenvalue weighted by molar-refractivity contribution is 6.31. The average Bonchev–Trinajstić information content (AvgIpc) is 2.89. The van der Waals surface area contributed by atoms with Crippen molar-refractivity contribution < 1.29 is 9.26 Å². The maximum absolute atomic E-state index is 6.11. The molecule has 1 fully saturated rings. The first kappa shape index (κ1) is 14.5. The Morgan fingerprint density at radius 1 is 1.48 bits per heavy atom. The van der Waals surface area contributed by atoms with E-state index < -0.39 is 0 Å². The minimum Gasteiger partial charge on any atom is -0.376 e. The molecule has 1 atom stereocenters. The lowest BCUT2D eigenvalue weighted by atomic mass is 9.96. The molecule has 1 aromatic heterocycles. The first-order chi connectivity index (χ1) is 10.1. The van der Waals surface area contributed by atoms with E-state index >= 15 is 0 Å². The van der Waals surface area contributed by atoms with Crippen molar-refractivity contribution in [2.75, 3.05) is 6.61 Å². The molecule has 2 N–H and O–H groups in total. The Morgan fingerprint density at radius 3 is 2.95 bits per heavy atom. The third kappa shape index (κ3) is 3.26. The Morgan fingerprint density at radius 2 is 2.29 bits per heavy atom. The lowest BCUT2D eigenvalue weighted by molar-refractivity contribution is -0.00549. The summed E-state index contributed by atoms with van der Waals surface area (Å²) in [4.78, 5) is 4.33. The number of rotatable bonds is 5. The topological polar surface area (TPSA) is 74.2 Å². The van der Waals surface area contributed by atoms with E-state index in [0.29, 0.717) is 29.4 Å². The van der Waals surface area contributed by atoms with Gasteiger partial charge in [0.05, 0.1) is 18.8 Å². The van der Waals surface area contributed by atoms with Gasteiger partial charge < -0.3 is 15.0 Å². The van der Waals surface area contributed by atoms with Crippen LogP contribution in [0.2, 0.25) is 5.02 Å². The number of aromatic nitrogens is 2. The standard InChI is InChI=1S/C15H18ClN3O2/c1-9-5-6-10(7-12(9)16)15-18-14(19-21-15)13(17)8-20-11-3-2-4-11/h5-7,11,13H,2-4,8,17H2,1H3. The van der Waals surface area contributed by atoms with E-state index in [2.05, 4.69) is 10.1 Å². The lowest BCUT2D eigenvalue weighted by Gasteiger charge is -2.26. The van der Waals surface area contributed by atoms with Crippen LogP contribution in [-0.4, -0.2) is 22.9 Å². The summed E-state index contributed by atoms with van der Waals surface area (Å²) in [5.74, 6) is 0.881. The molecule has 1 aliphatic rings. The summed E-state index contributed by atoms with van der Waals surface area (Å²) < 4.78 is 10.9. The second-order valence-corrected chi connectivity index (χ2v) is 5.82. The summed E-state index contributed by atoms with van der Waals surface area (Å²) in [5.41, 5.74) is 7.83. The Bertz CT molecular complexity index is 625. The zero-order valence-corrected chi connectivity index (χ0v) is 12.6. The maximum Gasteiger partial charge on any atom is 0.258 e. The van der Waals surface area contributed by atoms with Gasteiger partial charge in [-0.2, -0.15) is 4.98 Å². The van der Waals surface area contributed by atoms with Gasteiger partial charge in [0.25, 0.3) is 5.89 Å². The van der Waals surface area contributed by atoms with Gasteiger partial charge in [0.1, 0.15) is 0 Å². The molecule has 0 aliphatic heterocycles. The molecule has 3 rings (SSSR count). The van der Waals surface area contributed by atoms with Crippen LogP contribution in [0.5, 0.6) is 0 Å². The first-order valence-corrected chi connectivity index (χ1v) is 7.48. The summed E-state index contributed by atoms with van der Waals surface area (Å²) in [7, 11) is 0. The van der Waals surface area contributed by atoms with Gasteiger partial charge >= 0.3 is 0 Å². The zero-order chi connectivity index (χ0) is 14.8. The normalized spacial score (nSPS) is 16.7. The number of halogens is 1. The van der Waals surface area contributed by atoms with Crippen molar-refractivity contribution in [1.29, 1.82) is 0 Å². The minimum absolute atomic E-state index is 0.346. The molecular weight excluding hydrogens is 290 g/mol. The largest absolute Gasteiger partial charge is 0.376 e. The Hall–Kier alpha value is -1.43. The van der Waals surface area contributed by atoms with E-state index in [9.17, 15) is 0 Å². The Balaban J connectivity index is 1.68. The second kappa shape index (κ2) is 6.13. The fraction of sp³-hybridized carbons (Fsp3) is 0.467. The maximum atomic E-state index is 6.11. The van der Waals surface area contributed by atoms with Gasteiger partial charge in [-0.25, -0.2) is 0 Å². The van der Waals surface area contributed by atoms with Gasteiger partial charge in [0.15, 0.2) is 5.82 Å². The Kier molecular flexibility index (Phi) is 4.24. The van der Waals surface area contributed by atoms with Crippen LogP contribution >= 0.6 is 11.6 Å². The van der Waals surface area contributed by atoms with Crippen LogP contribution in [0.4, 0.5) is 0 Å². The fourth-order valence-electron chi connectivity index (χ4n) is 2.08. The summed E-state index contributed by atoms with van der Waals surface area (Å²) >= 11 is 6.11. The van der Waals surface area contributed by atoms with Crippen LogP contribution in [0.1, 0.15) is 36.7 Å². The molecule has 1 heterocycles. The minimum atomic E-state index is -0.371. The van der Waals surface area contributed by atoms with Crippen molar-refractivity contribution in [2.45, 2.75) is 38.3 Å². The van der Waals surface area contributed by atoms with Gasteiger partial charge in [0.2, 0.25) is 0 Å². The van der Waals surface area contributed by atoms with Gasteiger partial charge in [-0.05, 0) is 43.9 Å². The third-order valence-electron chi connectivity index (χ3n) is 3.76. The van der Waals surface area contributed by atoms with Crippen LogP contribution < -0.4 is 5.73 Å². The monoisotopic (exact) mass is 307 g/mol. The molecule has 0 amide bonds. The lowest BCUT2D eigenvalue weighted by Crippen LogP contribution is -2.27. The van der Waals surface area contributed by atoms with E-state index in [1.54, 1.807) is 0 Å². The molecule has 6 heteroatoms. The van der Waals surface area contributed by atoms with Crippen molar-refractivity contribution in [3.05, 3.63) is 34.6 Å². The van der Waals surface area contributed by atoms with Gasteiger partial charge in [0, 0.05) is 10.6 Å². The predicted octanol–water partition coefficient (Wildman–Crippen LogP) is 3.27. The van der Waals surface area contributed by atoms with E-state index in [-0.39, 0.29) is 6.04 Å². The first-order valence-electron chi connectivity index (χ1n) is 7.11. The second-order valence-electron chi connectivity index (χ2n) is 5.41. The molecule has 0 saturated heterocycles. The van der Waals surface area contributed by atoms with Gasteiger partial charge in [-0.1, -0.05) is 22.8 Å². The van der Waals surface area contributed by atoms with E-state index in [0.717, 1.165) is 24.0 Å². The zero-order valence-electron chi connectivity index (χ0n) is 11.9. The highest BCUT2D eigenvalue weighted by Crippen LogP contribution is 2.26. The molecule has 5 nitrogen and oxygen atoms in total. The van der Waals surface area contributed by atoms with Crippen molar-refractivity contribution >= 4 is 11.6 Å². The van der Waals surface area contributed by atoms with E-state index in [4.69, 9.17) is 26.6 Å². The summed E-state index contributed by atoms with van der Waals surface area (Å²) in [6, 6.07) is 5.25. The molecule has 1 aromatic carbocycles. The molecule has 0 radical (unpaired) electrons. The molecule has 0 spiro atoms. The van der Waals surface area contributed by atoms with Crippen molar-refractivity contribution in [3.8, 4) is 11.5 Å². The molecule has 112 valence electrons. The van der Waals surface area contributed by atoms with Crippen LogP contribution in [0.25, 0.3) is 11.5 Å². The molecular formula is C15H18ClN3O2. The van der Waals surface area contributed by atoms with Gasteiger partial charge in [-0.15, -0.1) is 0 Å². The van der Waals surface area contributed by atoms with Crippen molar-refractivity contribution in [3.63, 3.8) is 0 Å². The quantitative estimate of drug-likeness (QED) is 0.917. The highest BCUT2D eigenvalue weighted by Gasteiger charge is 2.21. The molecule has 1 aliphatic carbocycles. The number of ether oxygens (including phenoxy) is 1. The number of nitrogens with zero attached hydrogens (tertiary/aromatic N) is 2. The van der Waals surface area contributed by atoms with Crippen LogP contribution in [0.3, 0.4) is 0 Å². The highest BCUT2D eigenvalue weighted by atomic mass is 35.5. The van der Waals surface area contributed by atoms with Crippen molar-refractivity contribution in [2.24, 2.45) is 5.73 Å². The molecule has 2 aromatic rings. The summed E-state index contributed by atoms with van der Waals surface area (Å²) in [6.45, 7) is 2.36. The number of hydrogen-bond acceptors (Lipinski definition) is 5. The number of aryl methyl sites for hydroxylation is 1. The number of hydrogen-bond donors (Lipinski definition) is 1. The summed E-state index contributed by atoms with van der Waals surface area (Å²) in [5, 5.41) is 4.60. The molecule has 0 bridgehead atoms. The SMILES string of the molecule is Cc1ccc(-c2nc(C(N)COC3CCC3)no2)cc1Cl. The smallest absolute Gasteiger partial charge is 0.258 e. The fourth-order valence-corrected chi connectivity index (χ4v) is 2.26. The van der Waals surface area contributed by atoms with E-state index in [1.165, 1.54) is 6.42 Å². The third-order valence-corrected chi connectivity index (χ3v) is 4.16. The summed E-state index contributed by atoms with van der Waals surface area (Å²) in [6.07, 6.45) is 3.82. The molecule has 21 heavy (non-hydrogen) atoms. The average molecular weight is 308 g/mol.